The predicted octanol–water partition coefficient (Wildman–Crippen LogP) is 1.16. The van der Waals surface area contributed by atoms with Crippen LogP contribution in [-0.2, 0) is 6.54 Å². The lowest BCUT2D eigenvalue weighted by molar-refractivity contribution is 0.0718. The van der Waals surface area contributed by atoms with E-state index in [2.05, 4.69) is 36.3 Å². The van der Waals surface area contributed by atoms with E-state index >= 15 is 0 Å². The number of amides is 1. The molecule has 0 unspecified atom stereocenters. The molecular formula is C18H23BN4O. The first kappa shape index (κ1) is 16.4. The third-order valence-electron chi connectivity index (χ3n) is 4.35. The number of hydrogen-bond donors (Lipinski definition) is 2. The van der Waals surface area contributed by atoms with E-state index in [4.69, 9.17) is 5.73 Å². The van der Waals surface area contributed by atoms with Crippen LogP contribution in [-0.4, -0.2) is 36.7 Å². The van der Waals surface area contributed by atoms with Crippen molar-refractivity contribution in [1.29, 1.82) is 0 Å². The number of nitrogen functional groups attached to an aromatic ring is 1. The number of nitrogens with one attached hydrogen (secondary N) is 1. The number of hydrogen-bond acceptors (Lipinski definition) is 4. The number of likely N-dealkylation sites (tertiary alicyclic amines) is 1. The summed E-state index contributed by atoms with van der Waals surface area (Å²) in [7, 11) is 2.07. The zero-order valence-electron chi connectivity index (χ0n) is 14.1. The molecule has 124 valence electrons. The molecule has 1 saturated heterocycles. The number of nitrogens with zero attached hydrogens (tertiary/aromatic N) is 2. The van der Waals surface area contributed by atoms with Crippen LogP contribution in [0.4, 0.5) is 11.5 Å². The van der Waals surface area contributed by atoms with E-state index in [1.165, 1.54) is 17.4 Å². The SMILES string of the molecule is Bc1cccc(CNc2ccc(C(=O)N3CCCCC3)nc2N)c1. The molecule has 3 N–H and O–H groups in total. The van der Waals surface area contributed by atoms with Gasteiger partial charge < -0.3 is 16.0 Å². The van der Waals surface area contributed by atoms with E-state index in [0.717, 1.165) is 31.6 Å². The molecule has 1 amide bonds. The lowest BCUT2D eigenvalue weighted by Crippen LogP contribution is -2.36. The van der Waals surface area contributed by atoms with Gasteiger partial charge in [0.05, 0.1) is 5.69 Å². The summed E-state index contributed by atoms with van der Waals surface area (Å²) in [5.74, 6) is 0.345. The Kier molecular flexibility index (Phi) is 5.03. The molecule has 5 nitrogen and oxygen atoms in total. The van der Waals surface area contributed by atoms with E-state index in [1.54, 1.807) is 6.07 Å². The lowest BCUT2D eigenvalue weighted by Gasteiger charge is -2.26. The monoisotopic (exact) mass is 322 g/mol. The van der Waals surface area contributed by atoms with Crippen LogP contribution >= 0.6 is 0 Å². The number of carbonyl (C=O) groups is 1. The summed E-state index contributed by atoms with van der Waals surface area (Å²) in [6, 6.07) is 11.9. The predicted molar refractivity (Wildman–Crippen MR) is 100 cm³/mol. The second-order valence-corrected chi connectivity index (χ2v) is 6.32. The van der Waals surface area contributed by atoms with Crippen LogP contribution in [0.3, 0.4) is 0 Å². The first-order chi connectivity index (χ1) is 11.6. The molecule has 2 aromatic rings. The smallest absolute Gasteiger partial charge is 0.272 e. The number of pyridine rings is 1. The number of nitrogens with two attached hydrogens (primary N) is 1. The van der Waals surface area contributed by atoms with Crippen LogP contribution in [0.1, 0.15) is 35.3 Å². The highest BCUT2D eigenvalue weighted by atomic mass is 16.2. The Morgan fingerprint density at radius 3 is 2.71 bits per heavy atom. The third kappa shape index (κ3) is 3.88. The zero-order chi connectivity index (χ0) is 16.9. The van der Waals surface area contributed by atoms with Crippen LogP contribution in [0.5, 0.6) is 0 Å². The molecule has 0 spiro atoms. The normalized spacial score (nSPS) is 14.4. The summed E-state index contributed by atoms with van der Waals surface area (Å²) in [5.41, 5.74) is 9.63. The van der Waals surface area contributed by atoms with E-state index in [-0.39, 0.29) is 5.91 Å². The standard InChI is InChI=1S/C18H23BN4O/c19-14-6-4-5-13(11-14)12-21-15-7-8-16(22-17(15)20)18(24)23-9-2-1-3-10-23/h4-8,11,21H,1-3,9-10,12,19H2,(H2,20,22). The Morgan fingerprint density at radius 1 is 1.21 bits per heavy atom. The summed E-state index contributed by atoms with van der Waals surface area (Å²) in [4.78, 5) is 18.6. The Bertz CT molecular complexity index is 729. The topological polar surface area (TPSA) is 71.2 Å². The third-order valence-corrected chi connectivity index (χ3v) is 4.35. The van der Waals surface area contributed by atoms with Crippen molar-refractivity contribution in [3.63, 3.8) is 0 Å². The van der Waals surface area contributed by atoms with Gasteiger partial charge in [-0.15, -0.1) is 0 Å². The maximum atomic E-state index is 12.5. The van der Waals surface area contributed by atoms with Crippen molar-refractivity contribution in [3.8, 4) is 0 Å². The van der Waals surface area contributed by atoms with Gasteiger partial charge in [0.2, 0.25) is 0 Å². The Balaban J connectivity index is 1.67. The summed E-state index contributed by atoms with van der Waals surface area (Å²) < 4.78 is 0. The average molecular weight is 322 g/mol. The molecule has 24 heavy (non-hydrogen) atoms. The molecule has 1 aliphatic heterocycles. The molecule has 0 bridgehead atoms. The van der Waals surface area contributed by atoms with Crippen molar-refractivity contribution in [2.45, 2.75) is 25.8 Å². The van der Waals surface area contributed by atoms with Gasteiger partial charge in [-0.25, -0.2) is 4.98 Å². The maximum absolute atomic E-state index is 12.5. The van der Waals surface area contributed by atoms with E-state index < -0.39 is 0 Å². The van der Waals surface area contributed by atoms with Gasteiger partial charge in [0, 0.05) is 19.6 Å². The maximum Gasteiger partial charge on any atom is 0.272 e. The van der Waals surface area contributed by atoms with Gasteiger partial charge in [-0.05, 0) is 37.0 Å². The molecule has 1 fully saturated rings. The summed E-state index contributed by atoms with van der Waals surface area (Å²) in [6.45, 7) is 2.30. The minimum Gasteiger partial charge on any atom is -0.382 e. The first-order valence-electron chi connectivity index (χ1n) is 8.49. The summed E-state index contributed by atoms with van der Waals surface area (Å²) in [6.07, 6.45) is 3.33. The highest BCUT2D eigenvalue weighted by Gasteiger charge is 2.19. The molecule has 1 aromatic carbocycles. The number of rotatable bonds is 4. The van der Waals surface area contributed by atoms with Crippen molar-refractivity contribution < 1.29 is 4.79 Å². The summed E-state index contributed by atoms with van der Waals surface area (Å²) in [5, 5.41) is 3.29. The molecular weight excluding hydrogens is 299 g/mol. The molecule has 6 heteroatoms. The fraction of sp³-hybridized carbons (Fsp3) is 0.333. The van der Waals surface area contributed by atoms with E-state index in [9.17, 15) is 4.79 Å². The number of carbonyl (C=O) groups excluding carboxylic acids is 1. The number of aromatic nitrogens is 1. The minimum absolute atomic E-state index is 0.0216. The second kappa shape index (κ2) is 7.38. The average Bonchev–Trinajstić information content (AvgIpc) is 2.61. The van der Waals surface area contributed by atoms with Gasteiger partial charge in [0.25, 0.3) is 5.91 Å². The molecule has 2 heterocycles. The van der Waals surface area contributed by atoms with E-state index in [1.807, 2.05) is 17.0 Å². The lowest BCUT2D eigenvalue weighted by atomic mass is 9.94. The molecule has 1 aromatic heterocycles. The van der Waals surface area contributed by atoms with E-state index in [0.29, 0.717) is 18.1 Å². The fourth-order valence-electron chi connectivity index (χ4n) is 3.02. The summed E-state index contributed by atoms with van der Waals surface area (Å²) >= 11 is 0. The first-order valence-corrected chi connectivity index (χ1v) is 8.49. The van der Waals surface area contributed by atoms with Crippen molar-refractivity contribution in [1.82, 2.24) is 9.88 Å². The van der Waals surface area contributed by atoms with Crippen molar-refractivity contribution in [3.05, 3.63) is 47.7 Å². The van der Waals surface area contributed by atoms with Crippen molar-refractivity contribution >= 4 is 30.7 Å². The second-order valence-electron chi connectivity index (χ2n) is 6.32. The van der Waals surface area contributed by atoms with Gasteiger partial charge in [0.15, 0.2) is 0 Å². The minimum atomic E-state index is -0.0216. The van der Waals surface area contributed by atoms with Crippen molar-refractivity contribution in [2.24, 2.45) is 0 Å². The fourth-order valence-corrected chi connectivity index (χ4v) is 3.02. The van der Waals surface area contributed by atoms with Crippen LogP contribution in [0.15, 0.2) is 36.4 Å². The van der Waals surface area contributed by atoms with Crippen LogP contribution in [0.25, 0.3) is 0 Å². The van der Waals surface area contributed by atoms with Crippen LogP contribution in [0, 0.1) is 0 Å². The number of anilines is 2. The largest absolute Gasteiger partial charge is 0.382 e. The van der Waals surface area contributed by atoms with Gasteiger partial charge >= 0.3 is 0 Å². The molecule has 0 radical (unpaired) electrons. The molecule has 0 aliphatic carbocycles. The molecule has 0 atom stereocenters. The Hall–Kier alpha value is -2.50. The Labute approximate surface area is 143 Å². The van der Waals surface area contributed by atoms with Crippen molar-refractivity contribution in [2.75, 3.05) is 24.1 Å². The highest BCUT2D eigenvalue weighted by molar-refractivity contribution is 6.32. The molecule has 1 aliphatic rings. The number of benzene rings is 1. The molecule has 0 saturated carbocycles. The van der Waals surface area contributed by atoms with Crippen LogP contribution < -0.4 is 16.5 Å². The number of piperidine rings is 1. The highest BCUT2D eigenvalue weighted by Crippen LogP contribution is 2.19. The van der Waals surface area contributed by atoms with Gasteiger partial charge in [0.1, 0.15) is 19.4 Å². The molecule has 3 rings (SSSR count). The zero-order valence-corrected chi connectivity index (χ0v) is 14.1. The van der Waals surface area contributed by atoms with Gasteiger partial charge in [-0.1, -0.05) is 29.7 Å². The van der Waals surface area contributed by atoms with Crippen LogP contribution in [0.2, 0.25) is 0 Å². The van der Waals surface area contributed by atoms with Gasteiger partial charge in [-0.3, -0.25) is 4.79 Å². The van der Waals surface area contributed by atoms with Gasteiger partial charge in [-0.2, -0.15) is 0 Å². The Morgan fingerprint density at radius 2 is 2.00 bits per heavy atom. The quantitative estimate of drug-likeness (QED) is 0.829.